The van der Waals surface area contributed by atoms with Gasteiger partial charge in [0.25, 0.3) is 0 Å². The number of urea groups is 1. The van der Waals surface area contributed by atoms with Crippen LogP contribution in [0.1, 0.15) is 36.6 Å². The van der Waals surface area contributed by atoms with Crippen LogP contribution < -0.4 is 10.6 Å². The van der Waals surface area contributed by atoms with E-state index < -0.39 is 23.6 Å². The van der Waals surface area contributed by atoms with E-state index in [-0.39, 0.29) is 36.1 Å². The van der Waals surface area contributed by atoms with Crippen molar-refractivity contribution in [1.29, 1.82) is 0 Å². The van der Waals surface area contributed by atoms with Gasteiger partial charge in [0.05, 0.1) is 31.0 Å². The van der Waals surface area contributed by atoms with Crippen LogP contribution in [0.5, 0.6) is 0 Å². The molecule has 2 aliphatic rings. The van der Waals surface area contributed by atoms with E-state index in [9.17, 15) is 18.4 Å². The summed E-state index contributed by atoms with van der Waals surface area (Å²) in [6.07, 6.45) is 8.70. The number of hydrogen-bond donors (Lipinski definition) is 2. The number of aromatic nitrogens is 2. The fourth-order valence-corrected chi connectivity index (χ4v) is 5.11. The lowest BCUT2D eigenvalue weighted by molar-refractivity contribution is -0.140. The minimum absolute atomic E-state index is 0.105. The maximum absolute atomic E-state index is 14.0. The lowest BCUT2D eigenvalue weighted by atomic mass is 9.94. The number of carbonyl (C=O) groups excluding carboxylic acids is 2. The van der Waals surface area contributed by atoms with E-state index >= 15 is 0 Å². The number of carbonyl (C=O) groups is 2. The topological polar surface area (TPSA) is 97.7 Å². The maximum atomic E-state index is 14.0. The van der Waals surface area contributed by atoms with Gasteiger partial charge in [-0.2, -0.15) is 5.10 Å². The molecule has 12 heteroatoms. The Bertz CT molecular complexity index is 1250. The van der Waals surface area contributed by atoms with Gasteiger partial charge < -0.3 is 14.8 Å². The third kappa shape index (κ3) is 7.23. The number of halogens is 3. The summed E-state index contributed by atoms with van der Waals surface area (Å²) >= 11 is 6.65. The smallest absolute Gasteiger partial charge is 0.320 e. The van der Waals surface area contributed by atoms with E-state index in [4.69, 9.17) is 21.1 Å². The Labute approximate surface area is 230 Å². The minimum atomic E-state index is -0.933. The molecule has 0 radical (unpaired) electrons. The molecule has 1 aromatic carbocycles. The summed E-state index contributed by atoms with van der Waals surface area (Å²) in [7, 11) is 1.61. The third-order valence-electron chi connectivity index (χ3n) is 6.76. The molecule has 1 unspecified atom stereocenters. The summed E-state index contributed by atoms with van der Waals surface area (Å²) < 4.78 is 39.5. The van der Waals surface area contributed by atoms with Crippen molar-refractivity contribution in [2.45, 2.75) is 37.8 Å². The number of hydrogen-bond acceptors (Lipinski definition) is 6. The summed E-state index contributed by atoms with van der Waals surface area (Å²) in [6.45, 7) is 3.59. The monoisotopic (exact) mass is 563 g/mol. The van der Waals surface area contributed by atoms with Crippen molar-refractivity contribution in [2.75, 3.05) is 45.3 Å². The first kappa shape index (κ1) is 28.7. The Balaban J connectivity index is 1.53. The van der Waals surface area contributed by atoms with Gasteiger partial charge in [0.15, 0.2) is 17.5 Å². The molecule has 210 valence electrons. The summed E-state index contributed by atoms with van der Waals surface area (Å²) in [5, 5.41) is 10.7. The number of allylic oxidation sites excluding steroid dienone is 4. The van der Waals surface area contributed by atoms with Crippen molar-refractivity contribution in [3.63, 3.8) is 0 Å². The highest BCUT2D eigenvalue weighted by molar-refractivity contribution is 6.34. The number of nitrogens with zero attached hydrogens (tertiary/aromatic N) is 3. The molecule has 1 fully saturated rings. The molecule has 4 rings (SSSR count). The number of ether oxygens (including phenoxy) is 2. The molecule has 1 saturated heterocycles. The maximum Gasteiger partial charge on any atom is 0.320 e. The SMILES string of the molecule is COCCN1C[C@@H](NC(=O)Nc2c(Cl)c(CCOC(C)=O)nn2C2C=CC=CC2)[C@H](c2ccc(F)c(F)c2)C1. The molecule has 2 aromatic rings. The van der Waals surface area contributed by atoms with Crippen LogP contribution in [0.4, 0.5) is 19.4 Å². The van der Waals surface area contributed by atoms with Gasteiger partial charge in [-0.3, -0.25) is 15.0 Å². The van der Waals surface area contributed by atoms with Gasteiger partial charge in [-0.1, -0.05) is 42.0 Å². The number of nitrogens with one attached hydrogen (secondary N) is 2. The van der Waals surface area contributed by atoms with Gasteiger partial charge in [-0.25, -0.2) is 18.3 Å². The van der Waals surface area contributed by atoms with Gasteiger partial charge in [-0.05, 0) is 24.1 Å². The molecule has 1 aliphatic carbocycles. The zero-order valence-corrected chi connectivity index (χ0v) is 22.6. The minimum Gasteiger partial charge on any atom is -0.465 e. The summed E-state index contributed by atoms with van der Waals surface area (Å²) in [4.78, 5) is 26.6. The number of methoxy groups -OCH3 is 1. The van der Waals surface area contributed by atoms with E-state index in [1.54, 1.807) is 17.9 Å². The number of amides is 2. The van der Waals surface area contributed by atoms with Crippen LogP contribution in [-0.2, 0) is 20.7 Å². The normalized spacial score (nSPS) is 20.8. The molecular formula is C27H32ClF2N5O4. The van der Waals surface area contributed by atoms with Crippen LogP contribution in [0.3, 0.4) is 0 Å². The quantitative estimate of drug-likeness (QED) is 0.420. The molecule has 2 amide bonds. The zero-order valence-electron chi connectivity index (χ0n) is 21.8. The lowest BCUT2D eigenvalue weighted by Gasteiger charge is -2.22. The standard InChI is InChI=1S/C27H32ClF2N5O4/c1-17(36)39-12-10-23-25(28)26(35(33-23)19-6-4-3-5-7-19)32-27(37)31-24-16-34(11-13-38-2)15-20(24)18-8-9-21(29)22(30)14-18/h3-6,8-9,14,19-20,24H,7,10-13,15-16H2,1-2H3,(H2,31,32,37)/t19?,20-,24+/m0/s1. The molecule has 0 spiro atoms. The molecule has 2 heterocycles. The molecule has 1 aliphatic heterocycles. The van der Waals surface area contributed by atoms with Gasteiger partial charge in [0.2, 0.25) is 0 Å². The first-order valence-corrected chi connectivity index (χ1v) is 13.1. The fraction of sp³-hybridized carbons (Fsp3) is 0.444. The number of esters is 1. The third-order valence-corrected chi connectivity index (χ3v) is 7.16. The van der Waals surface area contributed by atoms with Gasteiger partial charge >= 0.3 is 12.0 Å². The summed E-state index contributed by atoms with van der Waals surface area (Å²) in [5.74, 6) is -2.22. The Kier molecular flexibility index (Phi) is 9.71. The second-order valence-corrected chi connectivity index (χ2v) is 9.88. The molecule has 0 bridgehead atoms. The summed E-state index contributed by atoms with van der Waals surface area (Å²) in [5.41, 5.74) is 1.08. The molecule has 9 nitrogen and oxygen atoms in total. The highest BCUT2D eigenvalue weighted by atomic mass is 35.5. The van der Waals surface area contributed by atoms with E-state index in [0.29, 0.717) is 49.7 Å². The van der Waals surface area contributed by atoms with Crippen molar-refractivity contribution in [2.24, 2.45) is 0 Å². The Morgan fingerprint density at radius 1 is 1.18 bits per heavy atom. The fourth-order valence-electron chi connectivity index (χ4n) is 4.84. The van der Waals surface area contributed by atoms with Crippen molar-refractivity contribution in [3.05, 3.63) is 70.4 Å². The van der Waals surface area contributed by atoms with Crippen molar-refractivity contribution < 1.29 is 27.8 Å². The molecule has 39 heavy (non-hydrogen) atoms. The van der Waals surface area contributed by atoms with Crippen LogP contribution >= 0.6 is 11.6 Å². The van der Waals surface area contributed by atoms with Gasteiger partial charge in [0, 0.05) is 46.0 Å². The van der Waals surface area contributed by atoms with E-state index in [1.807, 2.05) is 24.3 Å². The number of rotatable bonds is 10. The molecule has 1 aromatic heterocycles. The Morgan fingerprint density at radius 3 is 2.69 bits per heavy atom. The highest BCUT2D eigenvalue weighted by Gasteiger charge is 2.35. The van der Waals surface area contributed by atoms with Crippen LogP contribution in [0.25, 0.3) is 0 Å². The van der Waals surface area contributed by atoms with Crippen LogP contribution in [0.15, 0.2) is 42.5 Å². The van der Waals surface area contributed by atoms with Crippen LogP contribution in [-0.4, -0.2) is 72.7 Å². The van der Waals surface area contributed by atoms with Gasteiger partial charge in [-0.15, -0.1) is 0 Å². The molecular weight excluding hydrogens is 532 g/mol. The predicted molar refractivity (Wildman–Crippen MR) is 143 cm³/mol. The second kappa shape index (κ2) is 13.2. The second-order valence-electron chi connectivity index (χ2n) is 9.50. The Morgan fingerprint density at radius 2 is 2.00 bits per heavy atom. The summed E-state index contributed by atoms with van der Waals surface area (Å²) in [6, 6.07) is 2.75. The Hall–Kier alpha value is -3.28. The van der Waals surface area contributed by atoms with Crippen LogP contribution in [0.2, 0.25) is 5.02 Å². The number of benzene rings is 1. The van der Waals surface area contributed by atoms with Gasteiger partial charge in [0.1, 0.15) is 5.02 Å². The molecule has 0 saturated carbocycles. The van der Waals surface area contributed by atoms with E-state index in [0.717, 1.165) is 6.07 Å². The first-order valence-electron chi connectivity index (χ1n) is 12.7. The van der Waals surface area contributed by atoms with Crippen molar-refractivity contribution in [3.8, 4) is 0 Å². The number of anilines is 1. The predicted octanol–water partition coefficient (Wildman–Crippen LogP) is 4.21. The molecule has 3 atom stereocenters. The first-order chi connectivity index (χ1) is 18.8. The van der Waals surface area contributed by atoms with E-state index in [1.165, 1.54) is 13.0 Å². The van der Waals surface area contributed by atoms with Crippen molar-refractivity contribution >= 4 is 29.4 Å². The van der Waals surface area contributed by atoms with Crippen LogP contribution in [0, 0.1) is 11.6 Å². The highest BCUT2D eigenvalue weighted by Crippen LogP contribution is 2.33. The molecule has 2 N–H and O–H groups in total. The average Bonchev–Trinajstić information content (AvgIpc) is 3.45. The lowest BCUT2D eigenvalue weighted by Crippen LogP contribution is -2.42. The van der Waals surface area contributed by atoms with Crippen molar-refractivity contribution in [1.82, 2.24) is 20.0 Å². The number of likely N-dealkylation sites (tertiary alicyclic amines) is 1. The van der Waals surface area contributed by atoms with E-state index in [2.05, 4.69) is 20.6 Å². The average molecular weight is 564 g/mol. The largest absolute Gasteiger partial charge is 0.465 e. The zero-order chi connectivity index (χ0) is 27.9.